The van der Waals surface area contributed by atoms with E-state index in [1.54, 1.807) is 18.3 Å². The first-order valence-electron chi connectivity index (χ1n) is 7.73. The lowest BCUT2D eigenvalue weighted by molar-refractivity contribution is 0.215. The van der Waals surface area contributed by atoms with Crippen LogP contribution in [0.4, 0.5) is 0 Å². The van der Waals surface area contributed by atoms with Gasteiger partial charge < -0.3 is 9.88 Å². The number of piperidine rings is 1. The summed E-state index contributed by atoms with van der Waals surface area (Å²) in [4.78, 5) is 9.63. The highest BCUT2D eigenvalue weighted by Crippen LogP contribution is 2.21. The molecular formula is C15H22N4O2S. The summed E-state index contributed by atoms with van der Waals surface area (Å²) in [5.41, 5.74) is 0.589. The Bertz CT molecular complexity index is 735. The molecule has 3 rings (SSSR count). The third kappa shape index (κ3) is 3.31. The number of nitrogens with zero attached hydrogens (tertiary/aromatic N) is 2. The second kappa shape index (κ2) is 6.36. The molecule has 120 valence electrons. The van der Waals surface area contributed by atoms with Crippen molar-refractivity contribution in [3.63, 3.8) is 0 Å². The van der Waals surface area contributed by atoms with Crippen LogP contribution in [-0.4, -0.2) is 49.0 Å². The van der Waals surface area contributed by atoms with E-state index in [0.29, 0.717) is 11.0 Å². The van der Waals surface area contributed by atoms with Crippen molar-refractivity contribution in [2.24, 2.45) is 0 Å². The van der Waals surface area contributed by atoms with E-state index in [1.165, 1.54) is 25.5 Å². The summed E-state index contributed by atoms with van der Waals surface area (Å²) in [5, 5.41) is 0.625. The maximum atomic E-state index is 12.6. The first-order chi connectivity index (χ1) is 10.6. The van der Waals surface area contributed by atoms with Crippen LogP contribution in [0.25, 0.3) is 11.0 Å². The molecule has 2 aromatic rings. The minimum absolute atomic E-state index is 0.121. The molecule has 1 aliphatic rings. The molecule has 3 heterocycles. The highest BCUT2D eigenvalue weighted by molar-refractivity contribution is 7.89. The van der Waals surface area contributed by atoms with Gasteiger partial charge in [-0.1, -0.05) is 6.42 Å². The van der Waals surface area contributed by atoms with Gasteiger partial charge in [0.15, 0.2) is 0 Å². The van der Waals surface area contributed by atoms with Crippen LogP contribution in [0.5, 0.6) is 0 Å². The standard InChI is InChI=1S/C15H22N4O2S/c1-12(11-19-8-3-2-4-9-19)18-22(20,21)14-10-17-15-13(14)6-5-7-16-15/h5-7,10,12,18H,2-4,8-9,11H2,1H3,(H,16,17)/t12-/m1/s1. The first-order valence-corrected chi connectivity index (χ1v) is 9.21. The number of nitrogens with one attached hydrogen (secondary N) is 2. The quantitative estimate of drug-likeness (QED) is 0.878. The van der Waals surface area contributed by atoms with Crippen molar-refractivity contribution in [2.45, 2.75) is 37.1 Å². The van der Waals surface area contributed by atoms with Crippen LogP contribution in [0.2, 0.25) is 0 Å². The zero-order valence-corrected chi connectivity index (χ0v) is 13.6. The molecule has 0 amide bonds. The smallest absolute Gasteiger partial charge is 0.243 e. The fraction of sp³-hybridized carbons (Fsp3) is 0.533. The van der Waals surface area contributed by atoms with Crippen LogP contribution < -0.4 is 4.72 Å². The summed E-state index contributed by atoms with van der Waals surface area (Å²) in [7, 11) is -3.54. The van der Waals surface area contributed by atoms with E-state index in [1.807, 2.05) is 6.92 Å². The van der Waals surface area contributed by atoms with E-state index in [2.05, 4.69) is 19.6 Å². The number of aromatic nitrogens is 2. The molecule has 2 aromatic heterocycles. The lowest BCUT2D eigenvalue weighted by atomic mass is 10.1. The van der Waals surface area contributed by atoms with Gasteiger partial charge in [-0.05, 0) is 45.0 Å². The van der Waals surface area contributed by atoms with Crippen LogP contribution in [0, 0.1) is 0 Å². The van der Waals surface area contributed by atoms with E-state index < -0.39 is 10.0 Å². The summed E-state index contributed by atoms with van der Waals surface area (Å²) < 4.78 is 27.9. The third-order valence-electron chi connectivity index (χ3n) is 4.04. The second-order valence-corrected chi connectivity index (χ2v) is 7.62. The maximum absolute atomic E-state index is 12.6. The lowest BCUT2D eigenvalue weighted by Gasteiger charge is -2.29. The van der Waals surface area contributed by atoms with Gasteiger partial charge in [-0.15, -0.1) is 0 Å². The van der Waals surface area contributed by atoms with Gasteiger partial charge in [0.2, 0.25) is 10.0 Å². The molecule has 1 aliphatic heterocycles. The summed E-state index contributed by atoms with van der Waals surface area (Å²) in [5.74, 6) is 0. The van der Waals surface area contributed by atoms with Gasteiger partial charge in [-0.2, -0.15) is 0 Å². The zero-order chi connectivity index (χ0) is 15.6. The fourth-order valence-electron chi connectivity index (χ4n) is 3.05. The van der Waals surface area contributed by atoms with Crippen molar-refractivity contribution in [2.75, 3.05) is 19.6 Å². The number of pyridine rings is 1. The summed E-state index contributed by atoms with van der Waals surface area (Å²) in [6.07, 6.45) is 6.83. The monoisotopic (exact) mass is 322 g/mol. The number of H-pyrrole nitrogens is 1. The van der Waals surface area contributed by atoms with Crippen LogP contribution >= 0.6 is 0 Å². The van der Waals surface area contributed by atoms with E-state index in [0.717, 1.165) is 19.6 Å². The number of aromatic amines is 1. The Morgan fingerprint density at radius 3 is 2.91 bits per heavy atom. The average Bonchev–Trinajstić information content (AvgIpc) is 2.92. The number of hydrogen-bond donors (Lipinski definition) is 2. The Kier molecular flexibility index (Phi) is 4.46. The van der Waals surface area contributed by atoms with E-state index >= 15 is 0 Å². The largest absolute Gasteiger partial charge is 0.345 e. The van der Waals surface area contributed by atoms with Crippen LogP contribution in [-0.2, 0) is 10.0 Å². The molecule has 0 saturated carbocycles. The highest BCUT2D eigenvalue weighted by atomic mass is 32.2. The SMILES string of the molecule is C[C@H](CN1CCCCC1)NS(=O)(=O)c1c[nH]c2ncccc12. The van der Waals surface area contributed by atoms with Gasteiger partial charge >= 0.3 is 0 Å². The van der Waals surface area contributed by atoms with Crippen LogP contribution in [0.1, 0.15) is 26.2 Å². The van der Waals surface area contributed by atoms with Gasteiger partial charge in [0, 0.05) is 30.4 Å². The van der Waals surface area contributed by atoms with E-state index in [4.69, 9.17) is 0 Å². The molecule has 7 heteroatoms. The Labute approximate surface area is 131 Å². The summed E-state index contributed by atoms with van der Waals surface area (Å²) >= 11 is 0. The predicted molar refractivity (Wildman–Crippen MR) is 86.2 cm³/mol. The molecule has 0 aliphatic carbocycles. The Balaban J connectivity index is 1.72. The highest BCUT2D eigenvalue weighted by Gasteiger charge is 2.23. The van der Waals surface area contributed by atoms with Crippen molar-refractivity contribution in [1.29, 1.82) is 0 Å². The average molecular weight is 322 g/mol. The molecule has 0 aromatic carbocycles. The number of hydrogen-bond acceptors (Lipinski definition) is 4. The van der Waals surface area contributed by atoms with Gasteiger partial charge in [0.1, 0.15) is 10.5 Å². The molecular weight excluding hydrogens is 300 g/mol. The summed E-state index contributed by atoms with van der Waals surface area (Å²) in [6, 6.07) is 3.39. The second-order valence-electron chi connectivity index (χ2n) is 5.94. The number of rotatable bonds is 5. The summed E-state index contributed by atoms with van der Waals surface area (Å²) in [6.45, 7) is 4.78. The molecule has 1 fully saturated rings. The van der Waals surface area contributed by atoms with Crippen molar-refractivity contribution in [1.82, 2.24) is 19.6 Å². The molecule has 1 atom stereocenters. The van der Waals surface area contributed by atoms with Gasteiger partial charge in [0.25, 0.3) is 0 Å². The first kappa shape index (κ1) is 15.5. The minimum Gasteiger partial charge on any atom is -0.345 e. The van der Waals surface area contributed by atoms with Gasteiger partial charge in [-0.25, -0.2) is 18.1 Å². The molecule has 0 unspecified atom stereocenters. The van der Waals surface area contributed by atoms with Crippen LogP contribution in [0.3, 0.4) is 0 Å². The molecule has 0 bridgehead atoms. The molecule has 1 saturated heterocycles. The van der Waals surface area contributed by atoms with Gasteiger partial charge in [-0.3, -0.25) is 0 Å². The van der Waals surface area contributed by atoms with E-state index in [9.17, 15) is 8.42 Å². The normalized spacial score (nSPS) is 18.6. The van der Waals surface area contributed by atoms with Crippen molar-refractivity contribution < 1.29 is 8.42 Å². The number of fused-ring (bicyclic) bond motifs is 1. The molecule has 6 nitrogen and oxygen atoms in total. The van der Waals surface area contributed by atoms with Crippen LogP contribution in [0.15, 0.2) is 29.4 Å². The Morgan fingerprint density at radius 2 is 2.14 bits per heavy atom. The molecule has 0 radical (unpaired) electrons. The zero-order valence-electron chi connectivity index (χ0n) is 12.7. The van der Waals surface area contributed by atoms with Crippen molar-refractivity contribution in [3.05, 3.63) is 24.5 Å². The maximum Gasteiger partial charge on any atom is 0.243 e. The minimum atomic E-state index is -3.54. The third-order valence-corrected chi connectivity index (χ3v) is 5.67. The Hall–Kier alpha value is -1.44. The van der Waals surface area contributed by atoms with Crippen molar-refractivity contribution in [3.8, 4) is 0 Å². The molecule has 0 spiro atoms. The Morgan fingerprint density at radius 1 is 1.36 bits per heavy atom. The number of sulfonamides is 1. The van der Waals surface area contributed by atoms with Crippen molar-refractivity contribution >= 4 is 21.1 Å². The number of likely N-dealkylation sites (tertiary alicyclic amines) is 1. The van der Waals surface area contributed by atoms with E-state index in [-0.39, 0.29) is 10.9 Å². The fourth-order valence-corrected chi connectivity index (χ4v) is 4.45. The topological polar surface area (TPSA) is 78.1 Å². The predicted octanol–water partition coefficient (Wildman–Crippen LogP) is 1.72. The lowest BCUT2D eigenvalue weighted by Crippen LogP contribution is -2.43. The molecule has 22 heavy (non-hydrogen) atoms. The van der Waals surface area contributed by atoms with Gasteiger partial charge in [0.05, 0.1) is 0 Å². The molecule has 2 N–H and O–H groups in total.